The van der Waals surface area contributed by atoms with Crippen LogP contribution in [0, 0.1) is 11.3 Å². The number of nitrogens with zero attached hydrogens (tertiary/aromatic N) is 1. The highest BCUT2D eigenvalue weighted by atomic mass is 32.2. The topological polar surface area (TPSA) is 78.9 Å². The molecule has 2 aliphatic rings. The van der Waals surface area contributed by atoms with E-state index < -0.39 is 16.3 Å². The van der Waals surface area contributed by atoms with Gasteiger partial charge in [0.1, 0.15) is 0 Å². The van der Waals surface area contributed by atoms with Crippen LogP contribution in [0.4, 0.5) is 0 Å². The number of aliphatic hydroxyl groups excluding tert-OH is 1. The van der Waals surface area contributed by atoms with Gasteiger partial charge in [-0.3, -0.25) is 0 Å². The summed E-state index contributed by atoms with van der Waals surface area (Å²) in [7, 11) is -0.417. The average Bonchev–Trinajstić information content (AvgIpc) is 2.66. The lowest BCUT2D eigenvalue weighted by Gasteiger charge is -2.37. The Labute approximate surface area is 115 Å². The largest absolute Gasteiger partial charge is 0.392 e. The van der Waals surface area contributed by atoms with E-state index in [9.17, 15) is 13.5 Å². The summed E-state index contributed by atoms with van der Waals surface area (Å²) in [5.41, 5.74) is -0.0491. The van der Waals surface area contributed by atoms with Gasteiger partial charge in [0, 0.05) is 39.3 Å². The fraction of sp³-hybridized carbons (Fsp3) is 1.00. The number of rotatable bonds is 4. The number of hydrogen-bond donors (Lipinski definition) is 2. The van der Waals surface area contributed by atoms with Crippen LogP contribution in [0.25, 0.3) is 0 Å². The molecule has 1 heterocycles. The van der Waals surface area contributed by atoms with Crippen molar-refractivity contribution < 1.29 is 18.3 Å². The van der Waals surface area contributed by atoms with Crippen LogP contribution in [0.1, 0.15) is 25.7 Å². The van der Waals surface area contributed by atoms with Crippen molar-refractivity contribution in [3.05, 3.63) is 0 Å². The van der Waals surface area contributed by atoms with E-state index in [1.165, 1.54) is 14.1 Å². The normalized spacial score (nSPS) is 31.2. The van der Waals surface area contributed by atoms with Crippen molar-refractivity contribution >= 4 is 10.2 Å². The zero-order chi connectivity index (χ0) is 14.1. The van der Waals surface area contributed by atoms with E-state index in [0.717, 1.165) is 30.0 Å². The Hall–Kier alpha value is -0.210. The molecule has 0 aromatic heterocycles. The molecule has 2 atom stereocenters. The highest BCUT2D eigenvalue weighted by molar-refractivity contribution is 7.87. The summed E-state index contributed by atoms with van der Waals surface area (Å²) in [5.74, 6) is 0.00725. The first-order chi connectivity index (χ1) is 8.87. The second kappa shape index (κ2) is 5.65. The van der Waals surface area contributed by atoms with Crippen LogP contribution in [0.2, 0.25) is 0 Å². The molecule has 112 valence electrons. The molecule has 2 rings (SSSR count). The summed E-state index contributed by atoms with van der Waals surface area (Å²) >= 11 is 0. The van der Waals surface area contributed by atoms with Gasteiger partial charge >= 0.3 is 0 Å². The van der Waals surface area contributed by atoms with Crippen LogP contribution in [0.15, 0.2) is 0 Å². The first-order valence-electron chi connectivity index (χ1n) is 6.80. The quantitative estimate of drug-likeness (QED) is 0.761. The predicted molar refractivity (Wildman–Crippen MR) is 71.8 cm³/mol. The molecular weight excluding hydrogens is 268 g/mol. The van der Waals surface area contributed by atoms with E-state index in [1.54, 1.807) is 0 Å². The van der Waals surface area contributed by atoms with Gasteiger partial charge in [-0.25, -0.2) is 4.72 Å². The number of hydrogen-bond acceptors (Lipinski definition) is 4. The Morgan fingerprint density at radius 1 is 1.32 bits per heavy atom. The average molecular weight is 292 g/mol. The molecule has 6 nitrogen and oxygen atoms in total. The Balaban J connectivity index is 1.93. The third-order valence-electron chi connectivity index (χ3n) is 4.58. The number of aliphatic hydroxyl groups is 1. The molecule has 0 aromatic rings. The van der Waals surface area contributed by atoms with Crippen molar-refractivity contribution in [1.82, 2.24) is 9.03 Å². The summed E-state index contributed by atoms with van der Waals surface area (Å²) in [6.45, 7) is 1.71. The van der Waals surface area contributed by atoms with E-state index in [2.05, 4.69) is 4.72 Å². The molecule has 0 radical (unpaired) electrons. The molecule has 1 spiro atoms. The van der Waals surface area contributed by atoms with E-state index in [-0.39, 0.29) is 11.3 Å². The van der Waals surface area contributed by atoms with Crippen LogP contribution in [-0.4, -0.2) is 57.8 Å². The second-order valence-electron chi connectivity index (χ2n) is 5.85. The van der Waals surface area contributed by atoms with Gasteiger partial charge < -0.3 is 9.84 Å². The highest BCUT2D eigenvalue weighted by Crippen LogP contribution is 2.48. The molecule has 2 N–H and O–H groups in total. The van der Waals surface area contributed by atoms with Gasteiger partial charge in [-0.2, -0.15) is 12.7 Å². The fourth-order valence-electron chi connectivity index (χ4n) is 3.16. The SMILES string of the molecule is CN(C)S(=O)(=O)NCC1CCC2(CCOCC2)C1O. The molecule has 1 saturated carbocycles. The van der Waals surface area contributed by atoms with Crippen molar-refractivity contribution in [3.8, 4) is 0 Å². The van der Waals surface area contributed by atoms with Crippen molar-refractivity contribution in [2.75, 3.05) is 33.9 Å². The third kappa shape index (κ3) is 3.11. The third-order valence-corrected chi connectivity index (χ3v) is 6.08. The molecule has 2 fully saturated rings. The van der Waals surface area contributed by atoms with Crippen LogP contribution >= 0.6 is 0 Å². The van der Waals surface area contributed by atoms with Gasteiger partial charge in [0.15, 0.2) is 0 Å². The smallest absolute Gasteiger partial charge is 0.278 e. The number of ether oxygens (including phenoxy) is 1. The summed E-state index contributed by atoms with van der Waals surface area (Å²) in [4.78, 5) is 0. The van der Waals surface area contributed by atoms with Gasteiger partial charge in [-0.05, 0) is 31.6 Å². The molecule has 1 saturated heterocycles. The van der Waals surface area contributed by atoms with Crippen LogP contribution < -0.4 is 4.72 Å². The summed E-state index contributed by atoms with van der Waals surface area (Å²) in [6.07, 6.45) is 3.17. The Bertz CT molecular complexity index is 404. The van der Waals surface area contributed by atoms with Crippen molar-refractivity contribution in [1.29, 1.82) is 0 Å². The molecule has 2 unspecified atom stereocenters. The zero-order valence-corrected chi connectivity index (χ0v) is 12.4. The molecule has 1 aliphatic heterocycles. The monoisotopic (exact) mass is 292 g/mol. The maximum absolute atomic E-state index is 11.7. The summed E-state index contributed by atoms with van der Waals surface area (Å²) in [5, 5.41) is 10.5. The molecule has 7 heteroatoms. The van der Waals surface area contributed by atoms with Crippen LogP contribution in [0.5, 0.6) is 0 Å². The highest BCUT2D eigenvalue weighted by Gasteiger charge is 2.48. The first-order valence-corrected chi connectivity index (χ1v) is 8.24. The first kappa shape index (κ1) is 15.2. The fourth-order valence-corrected chi connectivity index (χ4v) is 3.84. The lowest BCUT2D eigenvalue weighted by Crippen LogP contribution is -2.43. The molecular formula is C12H24N2O4S. The summed E-state index contributed by atoms with van der Waals surface area (Å²) < 4.78 is 32.4. The van der Waals surface area contributed by atoms with Gasteiger partial charge in [-0.15, -0.1) is 0 Å². The lowest BCUT2D eigenvalue weighted by molar-refractivity contribution is -0.0552. The van der Waals surface area contributed by atoms with Crippen LogP contribution in [0.3, 0.4) is 0 Å². The minimum atomic E-state index is -3.40. The number of nitrogens with one attached hydrogen (secondary N) is 1. The predicted octanol–water partition coefficient (Wildman–Crippen LogP) is -0.0499. The Kier molecular flexibility index (Phi) is 4.52. The molecule has 0 bridgehead atoms. The molecule has 19 heavy (non-hydrogen) atoms. The molecule has 0 amide bonds. The molecule has 1 aliphatic carbocycles. The molecule has 0 aromatic carbocycles. The van der Waals surface area contributed by atoms with E-state index in [4.69, 9.17) is 4.74 Å². The second-order valence-corrected chi connectivity index (χ2v) is 7.82. The van der Waals surface area contributed by atoms with Crippen molar-refractivity contribution in [2.24, 2.45) is 11.3 Å². The Morgan fingerprint density at radius 2 is 1.95 bits per heavy atom. The van der Waals surface area contributed by atoms with Crippen LogP contribution in [-0.2, 0) is 14.9 Å². The van der Waals surface area contributed by atoms with E-state index in [0.29, 0.717) is 19.8 Å². The van der Waals surface area contributed by atoms with Gasteiger partial charge in [0.05, 0.1) is 6.10 Å². The van der Waals surface area contributed by atoms with Gasteiger partial charge in [0.2, 0.25) is 0 Å². The van der Waals surface area contributed by atoms with E-state index in [1.807, 2.05) is 0 Å². The standard InChI is InChI=1S/C12H24N2O4S/c1-14(2)19(16,17)13-9-10-3-4-12(11(10)15)5-7-18-8-6-12/h10-11,13,15H,3-9H2,1-2H3. The minimum Gasteiger partial charge on any atom is -0.392 e. The maximum atomic E-state index is 11.7. The van der Waals surface area contributed by atoms with Gasteiger partial charge in [-0.1, -0.05) is 0 Å². The Morgan fingerprint density at radius 3 is 2.53 bits per heavy atom. The van der Waals surface area contributed by atoms with Crippen molar-refractivity contribution in [2.45, 2.75) is 31.8 Å². The minimum absolute atomic E-state index is 0.00725. The van der Waals surface area contributed by atoms with E-state index >= 15 is 0 Å². The van der Waals surface area contributed by atoms with Gasteiger partial charge in [0.25, 0.3) is 10.2 Å². The summed E-state index contributed by atoms with van der Waals surface area (Å²) in [6, 6.07) is 0. The zero-order valence-electron chi connectivity index (χ0n) is 11.6. The van der Waals surface area contributed by atoms with Crippen molar-refractivity contribution in [3.63, 3.8) is 0 Å². The lowest BCUT2D eigenvalue weighted by atomic mass is 9.76. The maximum Gasteiger partial charge on any atom is 0.278 e.